The van der Waals surface area contributed by atoms with Crippen molar-refractivity contribution in [3.05, 3.63) is 29.1 Å². The van der Waals surface area contributed by atoms with Gasteiger partial charge in [0.1, 0.15) is 5.82 Å². The van der Waals surface area contributed by atoms with Crippen molar-refractivity contribution in [3.63, 3.8) is 0 Å². The van der Waals surface area contributed by atoms with Crippen LogP contribution < -0.4 is 5.32 Å². The van der Waals surface area contributed by atoms with Gasteiger partial charge in [0, 0.05) is 31.0 Å². The molecule has 7 heteroatoms. The van der Waals surface area contributed by atoms with Gasteiger partial charge in [0.05, 0.1) is 4.90 Å². The van der Waals surface area contributed by atoms with Crippen molar-refractivity contribution in [1.82, 2.24) is 9.62 Å². The summed E-state index contributed by atoms with van der Waals surface area (Å²) in [4.78, 5) is 0.172. The summed E-state index contributed by atoms with van der Waals surface area (Å²) in [6, 6.07) is 2.88. The molecule has 0 spiro atoms. The molecule has 1 fully saturated rings. The van der Waals surface area contributed by atoms with Crippen LogP contribution >= 0.6 is 11.8 Å². The van der Waals surface area contributed by atoms with Crippen LogP contribution in [0.2, 0.25) is 0 Å². The van der Waals surface area contributed by atoms with E-state index in [0.29, 0.717) is 17.7 Å². The van der Waals surface area contributed by atoms with Gasteiger partial charge in [-0.3, -0.25) is 0 Å². The Morgan fingerprint density at radius 2 is 2.19 bits per heavy atom. The molecule has 118 valence electrons. The molecule has 1 heterocycles. The molecule has 0 aliphatic carbocycles. The molecule has 0 amide bonds. The Kier molecular flexibility index (Phi) is 5.29. The average molecular weight is 332 g/mol. The van der Waals surface area contributed by atoms with E-state index in [4.69, 9.17) is 0 Å². The van der Waals surface area contributed by atoms with Crippen molar-refractivity contribution in [2.45, 2.75) is 30.8 Å². The number of rotatable bonds is 5. The van der Waals surface area contributed by atoms with Crippen LogP contribution in [0, 0.1) is 12.7 Å². The van der Waals surface area contributed by atoms with Crippen LogP contribution in [0.15, 0.2) is 17.0 Å². The van der Waals surface area contributed by atoms with Crippen molar-refractivity contribution in [1.29, 1.82) is 0 Å². The minimum Gasteiger partial charge on any atom is -0.316 e. The summed E-state index contributed by atoms with van der Waals surface area (Å²) in [6.07, 6.45) is 0.865. The number of halogens is 1. The molecule has 1 atom stereocenters. The van der Waals surface area contributed by atoms with E-state index < -0.39 is 10.0 Å². The maximum atomic E-state index is 14.0. The third kappa shape index (κ3) is 3.41. The molecular weight excluding hydrogens is 311 g/mol. The molecule has 1 aliphatic heterocycles. The predicted octanol–water partition coefficient (Wildman–Crippen LogP) is 1.98. The summed E-state index contributed by atoms with van der Waals surface area (Å²) in [7, 11) is -0.257. The van der Waals surface area contributed by atoms with E-state index in [9.17, 15) is 12.8 Å². The number of hydrogen-bond acceptors (Lipinski definition) is 4. The van der Waals surface area contributed by atoms with Crippen LogP contribution in [0.1, 0.15) is 17.5 Å². The summed E-state index contributed by atoms with van der Waals surface area (Å²) in [6.45, 7) is 1.90. The molecule has 0 aromatic heterocycles. The zero-order chi connectivity index (χ0) is 15.6. The largest absolute Gasteiger partial charge is 0.316 e. The lowest BCUT2D eigenvalue weighted by molar-refractivity contribution is 0.394. The zero-order valence-corrected chi connectivity index (χ0v) is 14.2. The van der Waals surface area contributed by atoms with Gasteiger partial charge >= 0.3 is 0 Å². The van der Waals surface area contributed by atoms with E-state index in [-0.39, 0.29) is 16.8 Å². The van der Waals surface area contributed by atoms with Gasteiger partial charge in [-0.25, -0.2) is 12.8 Å². The van der Waals surface area contributed by atoms with Crippen LogP contribution in [0.4, 0.5) is 4.39 Å². The standard InChI is InChI=1S/C14H21FN2O2S2/c1-10-6-13(7-11(8-16-2)14(10)15)21(18,19)17(3)12-4-5-20-9-12/h6-7,12,16H,4-5,8-9H2,1-3H3. The van der Waals surface area contributed by atoms with Crippen molar-refractivity contribution in [3.8, 4) is 0 Å². The normalized spacial score (nSPS) is 19.4. The van der Waals surface area contributed by atoms with Crippen LogP contribution in [0.3, 0.4) is 0 Å². The molecule has 1 unspecified atom stereocenters. The Labute approximate surface area is 130 Å². The topological polar surface area (TPSA) is 49.4 Å². The maximum absolute atomic E-state index is 14.0. The van der Waals surface area contributed by atoms with E-state index in [1.165, 1.54) is 16.4 Å². The van der Waals surface area contributed by atoms with Gasteiger partial charge < -0.3 is 5.32 Å². The first kappa shape index (κ1) is 16.7. The highest BCUT2D eigenvalue weighted by Gasteiger charge is 2.31. The number of aryl methyl sites for hydroxylation is 1. The van der Waals surface area contributed by atoms with E-state index in [1.54, 1.807) is 32.8 Å². The fourth-order valence-corrected chi connectivity index (χ4v) is 5.33. The molecule has 1 aromatic rings. The Balaban J connectivity index is 2.39. The highest BCUT2D eigenvalue weighted by atomic mass is 32.2. The number of nitrogens with one attached hydrogen (secondary N) is 1. The monoisotopic (exact) mass is 332 g/mol. The van der Waals surface area contributed by atoms with Crippen molar-refractivity contribution in [2.24, 2.45) is 0 Å². The number of hydrogen-bond donors (Lipinski definition) is 1. The SMILES string of the molecule is CNCc1cc(S(=O)(=O)N(C)C2CCSC2)cc(C)c1F. The zero-order valence-electron chi connectivity index (χ0n) is 12.5. The molecule has 1 aromatic carbocycles. The minimum absolute atomic E-state index is 0.0260. The average Bonchev–Trinajstić information content (AvgIpc) is 2.96. The van der Waals surface area contributed by atoms with Gasteiger partial charge in [0.25, 0.3) is 0 Å². The summed E-state index contributed by atoms with van der Waals surface area (Å²) >= 11 is 1.76. The Morgan fingerprint density at radius 1 is 1.48 bits per heavy atom. The van der Waals surface area contributed by atoms with Gasteiger partial charge in [0.2, 0.25) is 10.0 Å². The number of thioether (sulfide) groups is 1. The number of sulfonamides is 1. The Morgan fingerprint density at radius 3 is 2.76 bits per heavy atom. The van der Waals surface area contributed by atoms with Crippen LogP contribution in [-0.2, 0) is 16.6 Å². The van der Waals surface area contributed by atoms with Gasteiger partial charge in [-0.05, 0) is 43.8 Å². The van der Waals surface area contributed by atoms with Crippen molar-refractivity contribution in [2.75, 3.05) is 25.6 Å². The highest BCUT2D eigenvalue weighted by molar-refractivity contribution is 7.99. The van der Waals surface area contributed by atoms with Crippen LogP contribution in [0.25, 0.3) is 0 Å². The second kappa shape index (κ2) is 6.64. The Hall–Kier alpha value is -0.630. The summed E-state index contributed by atoms with van der Waals surface area (Å²) in [5.41, 5.74) is 0.737. The van der Waals surface area contributed by atoms with E-state index >= 15 is 0 Å². The van der Waals surface area contributed by atoms with E-state index in [1.807, 2.05) is 0 Å². The van der Waals surface area contributed by atoms with Gasteiger partial charge in [0.15, 0.2) is 0 Å². The molecule has 0 radical (unpaired) electrons. The first-order chi connectivity index (χ1) is 9.87. The van der Waals surface area contributed by atoms with Crippen LogP contribution in [0.5, 0.6) is 0 Å². The smallest absolute Gasteiger partial charge is 0.243 e. The van der Waals surface area contributed by atoms with Gasteiger partial charge in [-0.15, -0.1) is 0 Å². The molecule has 0 saturated carbocycles. The molecular formula is C14H21FN2O2S2. The van der Waals surface area contributed by atoms with Crippen LogP contribution in [-0.4, -0.2) is 44.4 Å². The third-order valence-electron chi connectivity index (χ3n) is 3.77. The number of benzene rings is 1. The van der Waals surface area contributed by atoms with Crippen molar-refractivity contribution >= 4 is 21.8 Å². The predicted molar refractivity (Wildman–Crippen MR) is 84.6 cm³/mol. The molecule has 0 bridgehead atoms. The summed E-state index contributed by atoms with van der Waals surface area (Å²) in [5, 5.41) is 2.86. The van der Waals surface area contributed by atoms with Crippen molar-refractivity contribution < 1.29 is 12.8 Å². The van der Waals surface area contributed by atoms with E-state index in [0.717, 1.165) is 17.9 Å². The fraction of sp³-hybridized carbons (Fsp3) is 0.571. The van der Waals surface area contributed by atoms with Gasteiger partial charge in [-0.1, -0.05) is 0 Å². The summed E-state index contributed by atoms with van der Waals surface area (Å²) < 4.78 is 40.9. The molecule has 1 saturated heterocycles. The maximum Gasteiger partial charge on any atom is 0.243 e. The van der Waals surface area contributed by atoms with Gasteiger partial charge in [-0.2, -0.15) is 16.1 Å². The molecule has 4 nitrogen and oxygen atoms in total. The first-order valence-corrected chi connectivity index (χ1v) is 9.46. The van der Waals surface area contributed by atoms with E-state index in [2.05, 4.69) is 5.32 Å². The highest BCUT2D eigenvalue weighted by Crippen LogP contribution is 2.28. The fourth-order valence-electron chi connectivity index (χ4n) is 2.45. The first-order valence-electron chi connectivity index (χ1n) is 6.87. The third-order valence-corrected chi connectivity index (χ3v) is 6.80. The second-order valence-electron chi connectivity index (χ2n) is 5.28. The lowest BCUT2D eigenvalue weighted by atomic mass is 10.1. The molecule has 2 rings (SSSR count). The molecule has 21 heavy (non-hydrogen) atoms. The number of nitrogens with zero attached hydrogens (tertiary/aromatic N) is 1. The lowest BCUT2D eigenvalue weighted by Crippen LogP contribution is -2.37. The molecule has 1 aliphatic rings. The minimum atomic E-state index is -3.58. The Bertz CT molecular complexity index is 614. The molecule has 1 N–H and O–H groups in total. The second-order valence-corrected chi connectivity index (χ2v) is 8.43. The quantitative estimate of drug-likeness (QED) is 0.896. The summed E-state index contributed by atoms with van der Waals surface area (Å²) in [5.74, 6) is 1.46. The lowest BCUT2D eigenvalue weighted by Gasteiger charge is -2.23.